The molecule has 0 saturated carbocycles. The van der Waals surface area contributed by atoms with Crippen LogP contribution < -0.4 is 16.0 Å². The Morgan fingerprint density at radius 1 is 1.18 bits per heavy atom. The molecule has 178 valence electrons. The zero-order valence-electron chi connectivity index (χ0n) is 19.2. The number of rotatable bonds is 8. The molecule has 3 heterocycles. The Morgan fingerprint density at radius 2 is 1.97 bits per heavy atom. The van der Waals surface area contributed by atoms with Gasteiger partial charge in [0, 0.05) is 55.7 Å². The highest BCUT2D eigenvalue weighted by atomic mass is 16.5. The summed E-state index contributed by atoms with van der Waals surface area (Å²) in [6.45, 7) is 5.33. The number of likely N-dealkylation sites (N-methyl/N-ethyl adjacent to an activating group) is 1. The highest BCUT2D eigenvalue weighted by molar-refractivity contribution is 6.01. The molecule has 10 heteroatoms. The molecule has 1 fully saturated rings. The van der Waals surface area contributed by atoms with Crippen molar-refractivity contribution in [3.63, 3.8) is 0 Å². The van der Waals surface area contributed by atoms with E-state index in [2.05, 4.69) is 20.9 Å². The van der Waals surface area contributed by atoms with Gasteiger partial charge in [0.25, 0.3) is 5.91 Å². The van der Waals surface area contributed by atoms with E-state index in [0.717, 1.165) is 43.8 Å². The lowest BCUT2D eigenvalue weighted by molar-refractivity contribution is -0.122. The third-order valence-electron chi connectivity index (χ3n) is 5.95. The van der Waals surface area contributed by atoms with Gasteiger partial charge in [0.15, 0.2) is 0 Å². The van der Waals surface area contributed by atoms with Crippen LogP contribution >= 0.6 is 0 Å². The second-order valence-corrected chi connectivity index (χ2v) is 8.83. The fraction of sp³-hybridized carbons (Fsp3) is 0.522. The summed E-state index contributed by atoms with van der Waals surface area (Å²) < 4.78 is 7.30. The third kappa shape index (κ3) is 5.70. The van der Waals surface area contributed by atoms with Crippen LogP contribution in [0.25, 0.3) is 10.9 Å². The lowest BCUT2D eigenvalue weighted by Gasteiger charge is -2.28. The molecule has 2 aliphatic rings. The van der Waals surface area contributed by atoms with Crippen LogP contribution in [0.1, 0.15) is 23.0 Å². The highest BCUT2D eigenvalue weighted by Crippen LogP contribution is 2.30. The number of morpholine rings is 1. The summed E-state index contributed by atoms with van der Waals surface area (Å²) in [5, 5.41) is 9.63. The van der Waals surface area contributed by atoms with Gasteiger partial charge in [-0.25, -0.2) is 0 Å². The molecule has 0 radical (unpaired) electrons. The topological polar surface area (TPSA) is 108 Å². The average Bonchev–Trinajstić information content (AvgIpc) is 3.16. The molecule has 10 nitrogen and oxygen atoms in total. The molecule has 1 atom stereocenters. The number of carbonyl (C=O) groups excluding carboxylic acids is 3. The molecular weight excluding hydrogens is 424 g/mol. The van der Waals surface area contributed by atoms with Crippen LogP contribution in [0.2, 0.25) is 0 Å². The predicted octanol–water partition coefficient (Wildman–Crippen LogP) is 0.264. The van der Waals surface area contributed by atoms with Crippen molar-refractivity contribution in [3.05, 3.63) is 30.0 Å². The molecule has 1 unspecified atom stereocenters. The van der Waals surface area contributed by atoms with Crippen molar-refractivity contribution >= 4 is 34.3 Å². The molecule has 1 saturated heterocycles. The van der Waals surface area contributed by atoms with Crippen LogP contribution in [-0.2, 0) is 14.3 Å². The normalized spacial score (nSPS) is 18.8. The van der Waals surface area contributed by atoms with Gasteiger partial charge in [-0.3, -0.25) is 19.3 Å². The van der Waals surface area contributed by atoms with E-state index in [0.29, 0.717) is 24.5 Å². The largest absolute Gasteiger partial charge is 0.379 e. The first-order chi connectivity index (χ1) is 15.9. The number of amides is 3. The highest BCUT2D eigenvalue weighted by Gasteiger charge is 2.28. The van der Waals surface area contributed by atoms with Crippen molar-refractivity contribution in [2.75, 3.05) is 71.9 Å². The summed E-state index contributed by atoms with van der Waals surface area (Å²) in [5.41, 5.74) is 2.07. The summed E-state index contributed by atoms with van der Waals surface area (Å²) in [4.78, 5) is 41.3. The molecule has 4 rings (SSSR count). The lowest BCUT2D eigenvalue weighted by atomic mass is 10.1. The SMILES string of the molecule is CN(C)CC(=O)Nc1ccc2c(c1)cc1n2C(CC(=O)NCCN2CCOCC2)CNC1=O. The van der Waals surface area contributed by atoms with Crippen molar-refractivity contribution in [1.82, 2.24) is 25.0 Å². The number of aromatic nitrogens is 1. The fourth-order valence-corrected chi connectivity index (χ4v) is 4.39. The molecule has 1 aromatic carbocycles. The number of carbonyl (C=O) groups is 3. The van der Waals surface area contributed by atoms with Crippen LogP contribution in [0, 0.1) is 0 Å². The Balaban J connectivity index is 1.43. The lowest BCUT2D eigenvalue weighted by Crippen LogP contribution is -2.43. The van der Waals surface area contributed by atoms with Gasteiger partial charge >= 0.3 is 0 Å². The number of hydrogen-bond donors (Lipinski definition) is 3. The Hall–Kier alpha value is -2.95. The fourth-order valence-electron chi connectivity index (χ4n) is 4.39. The van der Waals surface area contributed by atoms with Crippen LogP contribution in [0.5, 0.6) is 0 Å². The summed E-state index contributed by atoms with van der Waals surface area (Å²) in [5.74, 6) is -0.300. The minimum absolute atomic E-state index is 0.0372. The monoisotopic (exact) mass is 456 g/mol. The Morgan fingerprint density at radius 3 is 2.73 bits per heavy atom. The molecule has 0 spiro atoms. The van der Waals surface area contributed by atoms with E-state index in [-0.39, 0.29) is 36.7 Å². The molecular formula is C23H32N6O4. The minimum Gasteiger partial charge on any atom is -0.379 e. The first kappa shape index (κ1) is 23.2. The first-order valence-electron chi connectivity index (χ1n) is 11.4. The van der Waals surface area contributed by atoms with Gasteiger partial charge in [-0.1, -0.05) is 0 Å². The number of hydrogen-bond acceptors (Lipinski definition) is 6. The van der Waals surface area contributed by atoms with Gasteiger partial charge in [-0.05, 0) is 38.4 Å². The van der Waals surface area contributed by atoms with Gasteiger partial charge in [-0.15, -0.1) is 0 Å². The van der Waals surface area contributed by atoms with Crippen molar-refractivity contribution < 1.29 is 19.1 Å². The minimum atomic E-state index is -0.173. The van der Waals surface area contributed by atoms with Gasteiger partial charge < -0.3 is 30.2 Å². The maximum absolute atomic E-state index is 12.6. The van der Waals surface area contributed by atoms with E-state index < -0.39 is 0 Å². The van der Waals surface area contributed by atoms with Crippen LogP contribution in [-0.4, -0.2) is 98.7 Å². The second kappa shape index (κ2) is 10.3. The molecule has 0 bridgehead atoms. The number of nitrogens with one attached hydrogen (secondary N) is 3. The first-order valence-corrected chi connectivity index (χ1v) is 11.4. The Bertz CT molecular complexity index is 1030. The molecule has 3 amide bonds. The number of nitrogens with zero attached hydrogens (tertiary/aromatic N) is 3. The van der Waals surface area contributed by atoms with E-state index in [1.807, 2.05) is 42.9 Å². The van der Waals surface area contributed by atoms with Crippen LogP contribution in [0.15, 0.2) is 24.3 Å². The van der Waals surface area contributed by atoms with Gasteiger partial charge in [0.2, 0.25) is 11.8 Å². The third-order valence-corrected chi connectivity index (χ3v) is 5.95. The van der Waals surface area contributed by atoms with Crippen molar-refractivity contribution in [1.29, 1.82) is 0 Å². The quantitative estimate of drug-likeness (QED) is 0.526. The predicted molar refractivity (Wildman–Crippen MR) is 125 cm³/mol. The second-order valence-electron chi connectivity index (χ2n) is 8.83. The van der Waals surface area contributed by atoms with E-state index in [9.17, 15) is 14.4 Å². The maximum atomic E-state index is 12.6. The zero-order valence-corrected chi connectivity index (χ0v) is 19.2. The van der Waals surface area contributed by atoms with Crippen LogP contribution in [0.3, 0.4) is 0 Å². The Labute approximate surface area is 193 Å². The van der Waals surface area contributed by atoms with Crippen molar-refractivity contribution in [2.24, 2.45) is 0 Å². The average molecular weight is 457 g/mol. The van der Waals surface area contributed by atoms with E-state index in [1.165, 1.54) is 0 Å². The van der Waals surface area contributed by atoms with Crippen molar-refractivity contribution in [2.45, 2.75) is 12.5 Å². The summed E-state index contributed by atoms with van der Waals surface area (Å²) >= 11 is 0. The van der Waals surface area contributed by atoms with Gasteiger partial charge in [-0.2, -0.15) is 0 Å². The molecule has 0 aliphatic carbocycles. The van der Waals surface area contributed by atoms with E-state index >= 15 is 0 Å². The summed E-state index contributed by atoms with van der Waals surface area (Å²) in [6, 6.07) is 7.23. The molecule has 2 aliphatic heterocycles. The molecule has 3 N–H and O–H groups in total. The maximum Gasteiger partial charge on any atom is 0.268 e. The smallest absolute Gasteiger partial charge is 0.268 e. The summed E-state index contributed by atoms with van der Waals surface area (Å²) in [7, 11) is 3.67. The standard InChI is InChI=1S/C23H32N6O4/c1-27(2)15-22(31)26-17-3-4-19-16(11-17)12-20-23(32)25-14-18(29(19)20)13-21(30)24-5-6-28-7-9-33-10-8-28/h3-4,11-12,18H,5-10,13-15H2,1-2H3,(H,24,30)(H,25,32)(H,26,31). The summed E-state index contributed by atoms with van der Waals surface area (Å²) in [6.07, 6.45) is 0.279. The number of anilines is 1. The van der Waals surface area contributed by atoms with Crippen molar-refractivity contribution in [3.8, 4) is 0 Å². The molecule has 2 aromatic rings. The number of benzene rings is 1. The molecule has 33 heavy (non-hydrogen) atoms. The number of fused-ring (bicyclic) bond motifs is 3. The van der Waals surface area contributed by atoms with Gasteiger partial charge in [0.05, 0.1) is 25.8 Å². The number of ether oxygens (including phenoxy) is 1. The molecule has 1 aromatic heterocycles. The van der Waals surface area contributed by atoms with E-state index in [1.54, 1.807) is 4.90 Å². The van der Waals surface area contributed by atoms with E-state index in [4.69, 9.17) is 4.74 Å². The Kier molecular flexibility index (Phi) is 7.26. The van der Waals surface area contributed by atoms with Gasteiger partial charge in [0.1, 0.15) is 5.69 Å². The van der Waals surface area contributed by atoms with Crippen LogP contribution in [0.4, 0.5) is 5.69 Å². The zero-order chi connectivity index (χ0) is 23.4.